The van der Waals surface area contributed by atoms with E-state index in [2.05, 4.69) is 6.92 Å². The summed E-state index contributed by atoms with van der Waals surface area (Å²) >= 11 is 1.68. The van der Waals surface area contributed by atoms with Gasteiger partial charge in [0.2, 0.25) is 17.8 Å². The van der Waals surface area contributed by atoms with E-state index in [0.29, 0.717) is 12.8 Å². The topological polar surface area (TPSA) is 78.2 Å². The molecule has 0 amide bonds. The van der Waals surface area contributed by atoms with Crippen LogP contribution < -0.4 is 4.57 Å². The summed E-state index contributed by atoms with van der Waals surface area (Å²) in [5, 5.41) is 0. The predicted molar refractivity (Wildman–Crippen MR) is 80.4 cm³/mol. The Kier molecular flexibility index (Phi) is 6.19. The Hall–Kier alpha value is -1.57. The van der Waals surface area contributed by atoms with E-state index in [0.717, 1.165) is 5.56 Å². The van der Waals surface area contributed by atoms with Gasteiger partial charge in [0.1, 0.15) is 0 Å². The molecule has 0 atom stereocenters. The lowest BCUT2D eigenvalue weighted by Gasteiger charge is -1.97. The van der Waals surface area contributed by atoms with Gasteiger partial charge in [0.15, 0.2) is 5.69 Å². The summed E-state index contributed by atoms with van der Waals surface area (Å²) in [5.74, 6) is 0.159. The molecule has 0 fully saturated rings. The van der Waals surface area contributed by atoms with E-state index in [1.54, 1.807) is 11.3 Å². The van der Waals surface area contributed by atoms with Crippen LogP contribution in [0.15, 0.2) is 35.8 Å². The number of hydrogen-bond acceptors (Lipinski definition) is 5. The van der Waals surface area contributed by atoms with E-state index in [4.69, 9.17) is 13.0 Å². The van der Waals surface area contributed by atoms with E-state index < -0.39 is 10.1 Å². The van der Waals surface area contributed by atoms with Crippen molar-refractivity contribution >= 4 is 27.2 Å². The van der Waals surface area contributed by atoms with Crippen molar-refractivity contribution in [1.82, 2.24) is 0 Å². The second kappa shape index (κ2) is 7.44. The summed E-state index contributed by atoms with van der Waals surface area (Å²) in [4.78, 5) is 13.2. The van der Waals surface area contributed by atoms with Crippen LogP contribution in [0.25, 0.3) is 0 Å². The Balaban J connectivity index is 0.000000383. The Morgan fingerprint density at radius 2 is 1.76 bits per heavy atom. The average Bonchev–Trinajstić information content (AvgIpc) is 2.70. The van der Waals surface area contributed by atoms with E-state index in [-0.39, 0.29) is 5.78 Å². The van der Waals surface area contributed by atoms with Crippen molar-refractivity contribution in [3.8, 4) is 0 Å². The molecule has 7 heteroatoms. The molecule has 0 saturated carbocycles. The van der Waals surface area contributed by atoms with Crippen LogP contribution in [0.1, 0.15) is 20.9 Å². The molecule has 114 valence electrons. The summed E-state index contributed by atoms with van der Waals surface area (Å²) in [6.45, 7) is 4.55. The Bertz CT molecular complexity index is 698. The fraction of sp³-hybridized carbons (Fsp3) is 0.286. The number of rotatable bonds is 3. The summed E-state index contributed by atoms with van der Waals surface area (Å²) in [6, 6.07) is 9.42. The molecule has 2 rings (SSSR count). The van der Waals surface area contributed by atoms with Crippen molar-refractivity contribution < 1.29 is 22.3 Å². The molecule has 1 aromatic carbocycles. The molecule has 0 saturated heterocycles. The first-order valence-electron chi connectivity index (χ1n) is 6.11. The predicted octanol–water partition coefficient (Wildman–Crippen LogP) is 1.70. The molecule has 5 nitrogen and oxygen atoms in total. The maximum Gasteiger partial charge on any atom is 0.227 e. The van der Waals surface area contributed by atoms with Gasteiger partial charge in [0.05, 0.1) is 15.0 Å². The van der Waals surface area contributed by atoms with Crippen LogP contribution in [0.3, 0.4) is 0 Å². The zero-order valence-electron chi connectivity index (χ0n) is 12.1. The van der Waals surface area contributed by atoms with Gasteiger partial charge in [-0.2, -0.15) is 4.57 Å². The molecule has 0 aliphatic carbocycles. The number of aromatic nitrogens is 1. The van der Waals surface area contributed by atoms with Crippen molar-refractivity contribution in [3.63, 3.8) is 0 Å². The number of benzene rings is 1. The highest BCUT2D eigenvalue weighted by atomic mass is 32.2. The van der Waals surface area contributed by atoms with E-state index >= 15 is 0 Å². The molecule has 0 unspecified atom stereocenters. The number of hydrogen-bond donors (Lipinski definition) is 0. The normalized spacial score (nSPS) is 10.7. The molecule has 21 heavy (non-hydrogen) atoms. The van der Waals surface area contributed by atoms with Gasteiger partial charge in [-0.3, -0.25) is 4.79 Å². The minimum Gasteiger partial charge on any atom is -0.748 e. The van der Waals surface area contributed by atoms with Crippen molar-refractivity contribution in [1.29, 1.82) is 0 Å². The maximum absolute atomic E-state index is 12.0. The molecule has 2 aromatic rings. The molecule has 1 heterocycles. The lowest BCUT2D eigenvalue weighted by molar-refractivity contribution is -0.684. The van der Waals surface area contributed by atoms with Gasteiger partial charge < -0.3 is 4.55 Å². The molecule has 0 N–H and O–H groups in total. The van der Waals surface area contributed by atoms with Gasteiger partial charge in [0.25, 0.3) is 0 Å². The van der Waals surface area contributed by atoms with Crippen molar-refractivity contribution in [2.75, 3.05) is 6.26 Å². The lowest BCUT2D eigenvalue weighted by atomic mass is 10.1. The fourth-order valence-electron chi connectivity index (χ4n) is 1.54. The molecule has 0 aliphatic rings. The number of carbonyl (C=O) groups is 1. The van der Waals surface area contributed by atoms with Crippen LogP contribution in [-0.2, 0) is 16.7 Å². The minimum absolute atomic E-state index is 0.159. The maximum atomic E-state index is 12.0. The fourth-order valence-corrected chi connectivity index (χ4v) is 2.34. The van der Waals surface area contributed by atoms with Crippen LogP contribution in [0.5, 0.6) is 0 Å². The molecule has 0 bridgehead atoms. The highest BCUT2D eigenvalue weighted by molar-refractivity contribution is 7.84. The summed E-state index contributed by atoms with van der Waals surface area (Å²) in [7, 11) is -3.92. The zero-order valence-corrected chi connectivity index (χ0v) is 13.7. The van der Waals surface area contributed by atoms with E-state index in [1.807, 2.05) is 47.3 Å². The number of nitrogens with zero attached hydrogens (tertiary/aromatic N) is 1. The summed E-state index contributed by atoms with van der Waals surface area (Å²) in [6.07, 6.45) is 0.604. The largest absolute Gasteiger partial charge is 0.748 e. The standard InChI is InChI=1S/C13H14NOS.CH4O3S/c1-10-11(2)16-9-14(10)8-13(15)12-6-4-3-5-7-12;1-5(2,3)4/h3-7,9H,8H2,1-2H3;1H3,(H,2,3,4)/q+1;/p-1. The minimum atomic E-state index is -3.92. The van der Waals surface area contributed by atoms with Crippen LogP contribution >= 0.6 is 11.3 Å². The first kappa shape index (κ1) is 17.5. The second-order valence-corrected chi connectivity index (χ2v) is 6.95. The van der Waals surface area contributed by atoms with Crippen molar-refractivity contribution in [2.45, 2.75) is 20.4 Å². The highest BCUT2D eigenvalue weighted by Crippen LogP contribution is 2.08. The van der Waals surface area contributed by atoms with Gasteiger partial charge in [-0.25, -0.2) is 8.42 Å². The molecular weight excluding hydrogens is 310 g/mol. The smallest absolute Gasteiger partial charge is 0.227 e. The number of Topliss-reactive ketones (excluding diaryl/α,β-unsaturated/α-hetero) is 1. The third-order valence-electron chi connectivity index (χ3n) is 2.71. The third kappa shape index (κ3) is 6.61. The third-order valence-corrected chi connectivity index (χ3v) is 3.72. The van der Waals surface area contributed by atoms with Gasteiger partial charge in [-0.05, 0) is 6.92 Å². The number of ketones is 1. The molecular formula is C14H17NO4S2. The molecule has 0 spiro atoms. The number of aryl methyl sites for hydroxylation is 1. The van der Waals surface area contributed by atoms with Crippen LogP contribution in [0.4, 0.5) is 0 Å². The van der Waals surface area contributed by atoms with Gasteiger partial charge in [-0.1, -0.05) is 41.7 Å². The van der Waals surface area contributed by atoms with Gasteiger partial charge in [0, 0.05) is 18.7 Å². The number of thiazole rings is 1. The van der Waals surface area contributed by atoms with Crippen LogP contribution in [0.2, 0.25) is 0 Å². The monoisotopic (exact) mass is 327 g/mol. The van der Waals surface area contributed by atoms with E-state index in [9.17, 15) is 4.79 Å². The Labute approximate surface area is 128 Å². The van der Waals surface area contributed by atoms with E-state index in [1.165, 1.54) is 10.6 Å². The average molecular weight is 327 g/mol. The van der Waals surface area contributed by atoms with Gasteiger partial charge >= 0.3 is 0 Å². The Morgan fingerprint density at radius 3 is 2.19 bits per heavy atom. The van der Waals surface area contributed by atoms with Crippen molar-refractivity contribution in [3.05, 3.63) is 52.0 Å². The lowest BCUT2D eigenvalue weighted by Crippen LogP contribution is -2.38. The quantitative estimate of drug-likeness (QED) is 0.488. The molecule has 0 radical (unpaired) electrons. The van der Waals surface area contributed by atoms with Crippen LogP contribution in [0, 0.1) is 13.8 Å². The van der Waals surface area contributed by atoms with Gasteiger partial charge in [-0.15, -0.1) is 0 Å². The first-order chi connectivity index (χ1) is 9.68. The first-order valence-corrected chi connectivity index (χ1v) is 8.81. The van der Waals surface area contributed by atoms with Crippen molar-refractivity contribution in [2.24, 2.45) is 0 Å². The SMILES string of the molecule is CS(=O)(=O)[O-].Cc1sc[n+](CC(=O)c2ccccc2)c1C. The summed E-state index contributed by atoms with van der Waals surface area (Å²) in [5.41, 5.74) is 3.96. The number of carbonyl (C=O) groups excluding carboxylic acids is 1. The molecule has 1 aromatic heterocycles. The van der Waals surface area contributed by atoms with Crippen LogP contribution in [-0.4, -0.2) is 25.0 Å². The second-order valence-electron chi connectivity index (χ2n) is 4.49. The zero-order chi connectivity index (χ0) is 16.0. The highest BCUT2D eigenvalue weighted by Gasteiger charge is 2.16. The summed E-state index contributed by atoms with van der Waals surface area (Å²) < 4.78 is 29.2. The Morgan fingerprint density at radius 1 is 1.24 bits per heavy atom. The molecule has 0 aliphatic heterocycles.